The highest BCUT2D eigenvalue weighted by molar-refractivity contribution is 4.77. The second-order valence-corrected chi connectivity index (χ2v) is 4.83. The zero-order valence-electron chi connectivity index (χ0n) is 9.47. The Balaban J connectivity index is 2.15. The first-order valence-electron chi connectivity index (χ1n) is 5.98. The fraction of sp³-hybridized carbons (Fsp3) is 1.00. The molecule has 78 valence electrons. The summed E-state index contributed by atoms with van der Waals surface area (Å²) in [6, 6.07) is 1.47. The Bertz CT molecular complexity index is 123. The van der Waals surface area contributed by atoms with Gasteiger partial charge in [0.15, 0.2) is 0 Å². The second-order valence-electron chi connectivity index (χ2n) is 4.83. The largest absolute Gasteiger partial charge is 0.312 e. The lowest BCUT2D eigenvalue weighted by Crippen LogP contribution is -2.37. The molecular weight excluding hydrogens is 158 g/mol. The number of hydrogen-bond acceptors (Lipinski definition) is 1. The zero-order chi connectivity index (χ0) is 9.68. The van der Waals surface area contributed by atoms with E-state index in [9.17, 15) is 0 Å². The summed E-state index contributed by atoms with van der Waals surface area (Å²) in [7, 11) is 0. The highest BCUT2D eigenvalue weighted by atomic mass is 14.9. The molecule has 0 aromatic heterocycles. The van der Waals surface area contributed by atoms with E-state index in [1.807, 2.05) is 0 Å². The van der Waals surface area contributed by atoms with Crippen LogP contribution in [-0.4, -0.2) is 12.1 Å². The smallest absolute Gasteiger partial charge is 0.00696 e. The quantitative estimate of drug-likeness (QED) is 0.705. The molecule has 0 aromatic rings. The maximum Gasteiger partial charge on any atom is 0.00696 e. The van der Waals surface area contributed by atoms with Gasteiger partial charge in [0.1, 0.15) is 0 Å². The average molecular weight is 183 g/mol. The number of nitrogens with one attached hydrogen (secondary N) is 1. The van der Waals surface area contributed by atoms with Crippen molar-refractivity contribution in [3.8, 4) is 0 Å². The van der Waals surface area contributed by atoms with E-state index in [-0.39, 0.29) is 0 Å². The predicted octanol–water partition coefficient (Wildman–Crippen LogP) is 3.34. The van der Waals surface area contributed by atoms with Gasteiger partial charge in [-0.15, -0.1) is 0 Å². The average Bonchev–Trinajstić information content (AvgIpc) is 2.08. The van der Waals surface area contributed by atoms with Crippen molar-refractivity contribution >= 4 is 0 Å². The maximum absolute atomic E-state index is 3.64. The molecule has 1 N–H and O–H groups in total. The van der Waals surface area contributed by atoms with Crippen molar-refractivity contribution in [1.82, 2.24) is 5.32 Å². The number of hydrogen-bond donors (Lipinski definition) is 1. The molecule has 0 unspecified atom stereocenters. The molecule has 0 atom stereocenters. The molecule has 1 aliphatic carbocycles. The molecule has 0 aliphatic heterocycles. The van der Waals surface area contributed by atoms with E-state index in [2.05, 4.69) is 26.1 Å². The van der Waals surface area contributed by atoms with Crippen LogP contribution in [-0.2, 0) is 0 Å². The highest BCUT2D eigenvalue weighted by Gasteiger charge is 2.20. The Morgan fingerprint density at radius 3 is 2.23 bits per heavy atom. The van der Waals surface area contributed by atoms with Crippen LogP contribution < -0.4 is 5.32 Å². The first-order valence-corrected chi connectivity index (χ1v) is 5.98. The van der Waals surface area contributed by atoms with Crippen molar-refractivity contribution in [2.75, 3.05) is 0 Å². The molecule has 0 heterocycles. The fourth-order valence-corrected chi connectivity index (χ4v) is 2.50. The van der Waals surface area contributed by atoms with E-state index in [1.54, 1.807) is 0 Å². The first kappa shape index (κ1) is 11.0. The Hall–Kier alpha value is -0.0400. The van der Waals surface area contributed by atoms with E-state index in [4.69, 9.17) is 0 Å². The molecule has 1 rings (SSSR count). The Kier molecular flexibility index (Phi) is 4.79. The third-order valence-corrected chi connectivity index (χ3v) is 3.11. The third kappa shape index (κ3) is 4.12. The minimum absolute atomic E-state index is 0.660. The van der Waals surface area contributed by atoms with E-state index in [0.717, 1.165) is 12.0 Å². The third-order valence-electron chi connectivity index (χ3n) is 3.11. The van der Waals surface area contributed by atoms with Gasteiger partial charge >= 0.3 is 0 Å². The molecular formula is C12H25N. The van der Waals surface area contributed by atoms with Crippen molar-refractivity contribution in [3.05, 3.63) is 0 Å². The van der Waals surface area contributed by atoms with Crippen LogP contribution in [0.25, 0.3) is 0 Å². The van der Waals surface area contributed by atoms with Gasteiger partial charge in [0, 0.05) is 12.1 Å². The van der Waals surface area contributed by atoms with Gasteiger partial charge in [0.05, 0.1) is 0 Å². The van der Waals surface area contributed by atoms with E-state index in [0.29, 0.717) is 6.04 Å². The van der Waals surface area contributed by atoms with Crippen LogP contribution in [0.5, 0.6) is 0 Å². The van der Waals surface area contributed by atoms with Gasteiger partial charge in [0.2, 0.25) is 0 Å². The van der Waals surface area contributed by atoms with E-state index < -0.39 is 0 Å². The van der Waals surface area contributed by atoms with Crippen molar-refractivity contribution in [2.45, 2.75) is 71.4 Å². The van der Waals surface area contributed by atoms with Crippen LogP contribution in [0.2, 0.25) is 0 Å². The molecule has 0 saturated heterocycles. The summed E-state index contributed by atoms with van der Waals surface area (Å²) in [5, 5.41) is 3.64. The van der Waals surface area contributed by atoms with E-state index in [1.165, 1.54) is 38.5 Å². The SMILES string of the molecule is CCCC1CCC(NC(C)C)CC1. The topological polar surface area (TPSA) is 12.0 Å². The minimum atomic E-state index is 0.660. The number of rotatable bonds is 4. The van der Waals surface area contributed by atoms with Crippen LogP contribution in [0.15, 0.2) is 0 Å². The molecule has 1 saturated carbocycles. The summed E-state index contributed by atoms with van der Waals surface area (Å²) in [6.45, 7) is 6.80. The lowest BCUT2D eigenvalue weighted by Gasteiger charge is -2.30. The van der Waals surface area contributed by atoms with Crippen molar-refractivity contribution in [2.24, 2.45) is 5.92 Å². The molecule has 13 heavy (non-hydrogen) atoms. The van der Waals surface area contributed by atoms with E-state index >= 15 is 0 Å². The summed E-state index contributed by atoms with van der Waals surface area (Å²) < 4.78 is 0. The van der Waals surface area contributed by atoms with Gasteiger partial charge in [-0.2, -0.15) is 0 Å². The predicted molar refractivity (Wildman–Crippen MR) is 58.9 cm³/mol. The van der Waals surface area contributed by atoms with Crippen LogP contribution in [0.4, 0.5) is 0 Å². The van der Waals surface area contributed by atoms with Gasteiger partial charge in [-0.1, -0.05) is 33.6 Å². The molecule has 0 radical (unpaired) electrons. The molecule has 0 bridgehead atoms. The minimum Gasteiger partial charge on any atom is -0.312 e. The highest BCUT2D eigenvalue weighted by Crippen LogP contribution is 2.27. The summed E-state index contributed by atoms with van der Waals surface area (Å²) in [5.41, 5.74) is 0. The summed E-state index contributed by atoms with van der Waals surface area (Å²) in [4.78, 5) is 0. The molecule has 0 spiro atoms. The molecule has 1 heteroatoms. The van der Waals surface area contributed by atoms with Gasteiger partial charge < -0.3 is 5.32 Å². The summed E-state index contributed by atoms with van der Waals surface area (Å²) in [5.74, 6) is 1.04. The molecule has 0 amide bonds. The van der Waals surface area contributed by atoms with Gasteiger partial charge in [0.25, 0.3) is 0 Å². The van der Waals surface area contributed by atoms with Crippen LogP contribution in [0, 0.1) is 5.92 Å². The monoisotopic (exact) mass is 183 g/mol. The molecule has 1 aliphatic rings. The summed E-state index contributed by atoms with van der Waals surface area (Å²) >= 11 is 0. The second kappa shape index (κ2) is 5.64. The van der Waals surface area contributed by atoms with Gasteiger partial charge in [-0.25, -0.2) is 0 Å². The maximum atomic E-state index is 3.64. The zero-order valence-corrected chi connectivity index (χ0v) is 9.47. The Morgan fingerprint density at radius 2 is 1.77 bits per heavy atom. The molecule has 0 aromatic carbocycles. The summed E-state index contributed by atoms with van der Waals surface area (Å²) in [6.07, 6.45) is 8.55. The van der Waals surface area contributed by atoms with Crippen molar-refractivity contribution in [3.63, 3.8) is 0 Å². The Morgan fingerprint density at radius 1 is 1.15 bits per heavy atom. The van der Waals surface area contributed by atoms with Crippen LogP contribution >= 0.6 is 0 Å². The Labute approximate surface area is 83.3 Å². The van der Waals surface area contributed by atoms with Gasteiger partial charge in [-0.05, 0) is 31.6 Å². The van der Waals surface area contributed by atoms with Crippen molar-refractivity contribution in [1.29, 1.82) is 0 Å². The lowest BCUT2D eigenvalue weighted by molar-refractivity contribution is 0.269. The van der Waals surface area contributed by atoms with Crippen molar-refractivity contribution < 1.29 is 0 Å². The standard InChI is InChI=1S/C12H25N/c1-4-5-11-6-8-12(9-7-11)13-10(2)3/h10-13H,4-9H2,1-3H3. The molecule has 1 nitrogen and oxygen atoms in total. The van der Waals surface area contributed by atoms with Gasteiger partial charge in [-0.3, -0.25) is 0 Å². The lowest BCUT2D eigenvalue weighted by atomic mass is 9.83. The first-order chi connectivity index (χ1) is 6.22. The fourth-order valence-electron chi connectivity index (χ4n) is 2.50. The normalized spacial score (nSPS) is 29.5. The van der Waals surface area contributed by atoms with Crippen LogP contribution in [0.3, 0.4) is 0 Å². The molecule has 1 fully saturated rings. The van der Waals surface area contributed by atoms with Crippen LogP contribution in [0.1, 0.15) is 59.3 Å².